The van der Waals surface area contributed by atoms with E-state index in [1.807, 2.05) is 44.2 Å². The van der Waals surface area contributed by atoms with Crippen LogP contribution in [0.5, 0.6) is 0 Å². The van der Waals surface area contributed by atoms with Gasteiger partial charge in [0.25, 0.3) is 0 Å². The van der Waals surface area contributed by atoms with Crippen LogP contribution in [0.2, 0.25) is 0 Å². The first-order chi connectivity index (χ1) is 14.6. The summed E-state index contributed by atoms with van der Waals surface area (Å²) in [4.78, 5) is 13.1. The molecule has 6 heteroatoms. The topological polar surface area (TPSA) is 66.5 Å². The average Bonchev–Trinajstić information content (AvgIpc) is 2.74. The first kappa shape index (κ1) is 23.5. The maximum absolute atomic E-state index is 12.9. The van der Waals surface area contributed by atoms with Crippen LogP contribution in [0.4, 0.5) is 0 Å². The van der Waals surface area contributed by atoms with Gasteiger partial charge in [-0.15, -0.1) is 0 Å². The minimum Gasteiger partial charge on any atom is -0.353 e. The number of rotatable bonds is 7. The standard InChI is InChI=1S/C25H34N2O3S/c1-19-10-12-23(13-11-19)31(29,30)27-16-14-21(15-17-27)24(28)26-20(2)18-25(3,4)22-8-6-5-7-9-22/h5-13,20-21H,14-18H2,1-4H3,(H,26,28)/t20-/m1/s1. The molecule has 168 valence electrons. The SMILES string of the molecule is Cc1ccc(S(=O)(=O)N2CCC(C(=O)N[C@H](C)CC(C)(C)c3ccccc3)CC2)cc1. The molecule has 0 saturated carbocycles. The minimum atomic E-state index is -3.50. The lowest BCUT2D eigenvalue weighted by atomic mass is 9.79. The highest BCUT2D eigenvalue weighted by molar-refractivity contribution is 7.89. The highest BCUT2D eigenvalue weighted by atomic mass is 32.2. The van der Waals surface area contributed by atoms with Gasteiger partial charge in [-0.2, -0.15) is 4.31 Å². The van der Waals surface area contributed by atoms with Gasteiger partial charge in [-0.25, -0.2) is 8.42 Å². The molecule has 0 radical (unpaired) electrons. The van der Waals surface area contributed by atoms with E-state index in [1.165, 1.54) is 9.87 Å². The van der Waals surface area contributed by atoms with Crippen LogP contribution in [-0.2, 0) is 20.2 Å². The van der Waals surface area contributed by atoms with Crippen molar-refractivity contribution in [2.75, 3.05) is 13.1 Å². The molecule has 31 heavy (non-hydrogen) atoms. The molecule has 0 aromatic heterocycles. The monoisotopic (exact) mass is 442 g/mol. The Balaban J connectivity index is 1.53. The number of piperidine rings is 1. The lowest BCUT2D eigenvalue weighted by Crippen LogP contribution is -2.45. The molecule has 1 saturated heterocycles. The van der Waals surface area contributed by atoms with Gasteiger partial charge >= 0.3 is 0 Å². The van der Waals surface area contributed by atoms with Crippen LogP contribution in [0.25, 0.3) is 0 Å². The van der Waals surface area contributed by atoms with Gasteiger partial charge in [0.05, 0.1) is 4.90 Å². The molecule has 1 aliphatic rings. The predicted molar refractivity (Wildman–Crippen MR) is 124 cm³/mol. The Hall–Kier alpha value is -2.18. The Labute approximate surface area is 186 Å². The molecule has 1 N–H and O–H groups in total. The molecule has 1 fully saturated rings. The zero-order valence-corrected chi connectivity index (χ0v) is 19.8. The van der Waals surface area contributed by atoms with Crippen molar-refractivity contribution in [2.45, 2.75) is 63.3 Å². The minimum absolute atomic E-state index is 0.0312. The van der Waals surface area contributed by atoms with Crippen molar-refractivity contribution in [2.24, 2.45) is 5.92 Å². The fourth-order valence-electron chi connectivity index (χ4n) is 4.40. The van der Waals surface area contributed by atoms with E-state index in [9.17, 15) is 13.2 Å². The Morgan fingerprint density at radius 2 is 1.65 bits per heavy atom. The Morgan fingerprint density at radius 3 is 2.23 bits per heavy atom. The number of carbonyl (C=O) groups excluding carboxylic acids is 1. The van der Waals surface area contributed by atoms with Crippen molar-refractivity contribution in [3.63, 3.8) is 0 Å². The van der Waals surface area contributed by atoms with Gasteiger partial charge in [0.2, 0.25) is 15.9 Å². The third-order valence-corrected chi connectivity index (χ3v) is 8.16. The molecule has 0 unspecified atom stereocenters. The fourth-order valence-corrected chi connectivity index (χ4v) is 5.87. The second-order valence-electron chi connectivity index (χ2n) is 9.36. The van der Waals surface area contributed by atoms with Crippen molar-refractivity contribution < 1.29 is 13.2 Å². The van der Waals surface area contributed by atoms with Gasteiger partial charge in [-0.05, 0) is 56.2 Å². The zero-order valence-electron chi connectivity index (χ0n) is 19.0. The third kappa shape index (κ3) is 5.74. The quantitative estimate of drug-likeness (QED) is 0.696. The molecule has 0 aliphatic carbocycles. The summed E-state index contributed by atoms with van der Waals surface area (Å²) in [5.74, 6) is -0.115. The van der Waals surface area contributed by atoms with Gasteiger partial charge in [0, 0.05) is 25.0 Å². The summed E-state index contributed by atoms with van der Waals surface area (Å²) in [6.07, 6.45) is 1.93. The van der Waals surface area contributed by atoms with E-state index >= 15 is 0 Å². The van der Waals surface area contributed by atoms with Crippen LogP contribution in [0.1, 0.15) is 51.2 Å². The van der Waals surface area contributed by atoms with E-state index < -0.39 is 10.0 Å². The van der Waals surface area contributed by atoms with Crippen molar-refractivity contribution in [3.8, 4) is 0 Å². The van der Waals surface area contributed by atoms with Crippen LogP contribution in [0.15, 0.2) is 59.5 Å². The van der Waals surface area contributed by atoms with E-state index in [2.05, 4.69) is 31.3 Å². The first-order valence-electron chi connectivity index (χ1n) is 11.0. The summed E-state index contributed by atoms with van der Waals surface area (Å²) in [6, 6.07) is 17.3. The van der Waals surface area contributed by atoms with Gasteiger partial charge < -0.3 is 5.32 Å². The number of hydrogen-bond donors (Lipinski definition) is 1. The molecule has 5 nitrogen and oxygen atoms in total. The number of nitrogens with zero attached hydrogens (tertiary/aromatic N) is 1. The van der Waals surface area contributed by atoms with Crippen LogP contribution >= 0.6 is 0 Å². The van der Waals surface area contributed by atoms with E-state index in [0.717, 1.165) is 12.0 Å². The highest BCUT2D eigenvalue weighted by Gasteiger charge is 2.33. The van der Waals surface area contributed by atoms with Crippen LogP contribution < -0.4 is 5.32 Å². The lowest BCUT2D eigenvalue weighted by molar-refractivity contribution is -0.126. The van der Waals surface area contributed by atoms with Crippen molar-refractivity contribution in [3.05, 3.63) is 65.7 Å². The number of sulfonamides is 1. The molecule has 3 rings (SSSR count). The number of hydrogen-bond acceptors (Lipinski definition) is 3. The van der Waals surface area contributed by atoms with Gasteiger partial charge in [-0.3, -0.25) is 4.79 Å². The number of amides is 1. The zero-order chi connectivity index (χ0) is 22.6. The van der Waals surface area contributed by atoms with E-state index in [1.54, 1.807) is 12.1 Å². The van der Waals surface area contributed by atoms with Gasteiger partial charge in [0.15, 0.2) is 0 Å². The summed E-state index contributed by atoms with van der Waals surface area (Å²) in [5, 5.41) is 3.16. The van der Waals surface area contributed by atoms with Crippen LogP contribution in [0.3, 0.4) is 0 Å². The van der Waals surface area contributed by atoms with E-state index in [4.69, 9.17) is 0 Å². The van der Waals surface area contributed by atoms with Crippen molar-refractivity contribution >= 4 is 15.9 Å². The average molecular weight is 443 g/mol. The Morgan fingerprint density at radius 1 is 1.06 bits per heavy atom. The van der Waals surface area contributed by atoms with Crippen LogP contribution in [-0.4, -0.2) is 37.8 Å². The molecular formula is C25H34N2O3S. The maximum atomic E-state index is 12.9. The molecular weight excluding hydrogens is 408 g/mol. The van der Waals surface area contributed by atoms with E-state index in [0.29, 0.717) is 30.8 Å². The molecule has 1 atom stereocenters. The Bertz CT molecular complexity index is 977. The Kier molecular flexibility index (Phi) is 7.22. The first-order valence-corrected chi connectivity index (χ1v) is 12.5. The molecule has 2 aromatic carbocycles. The summed E-state index contributed by atoms with van der Waals surface area (Å²) < 4.78 is 27.2. The number of nitrogens with one attached hydrogen (secondary N) is 1. The van der Waals surface area contributed by atoms with Gasteiger partial charge in [0.1, 0.15) is 0 Å². The normalized spacial score (nSPS) is 17.3. The smallest absolute Gasteiger partial charge is 0.243 e. The molecule has 1 heterocycles. The fraction of sp³-hybridized carbons (Fsp3) is 0.480. The van der Waals surface area contributed by atoms with Crippen molar-refractivity contribution in [1.29, 1.82) is 0 Å². The van der Waals surface area contributed by atoms with Crippen molar-refractivity contribution in [1.82, 2.24) is 9.62 Å². The predicted octanol–water partition coefficient (Wildman–Crippen LogP) is 4.27. The second-order valence-corrected chi connectivity index (χ2v) is 11.3. The molecule has 1 amide bonds. The summed E-state index contributed by atoms with van der Waals surface area (Å²) in [6.45, 7) is 9.11. The molecule has 0 spiro atoms. The third-order valence-electron chi connectivity index (χ3n) is 6.24. The number of aryl methyl sites for hydroxylation is 1. The second kappa shape index (κ2) is 9.53. The highest BCUT2D eigenvalue weighted by Crippen LogP contribution is 2.29. The summed E-state index contributed by atoms with van der Waals surface area (Å²) in [5.41, 5.74) is 2.24. The number of benzene rings is 2. The largest absolute Gasteiger partial charge is 0.353 e. The van der Waals surface area contributed by atoms with Gasteiger partial charge in [-0.1, -0.05) is 61.9 Å². The lowest BCUT2D eigenvalue weighted by Gasteiger charge is -2.33. The summed E-state index contributed by atoms with van der Waals surface area (Å²) >= 11 is 0. The van der Waals surface area contributed by atoms with Crippen LogP contribution in [0, 0.1) is 12.8 Å². The molecule has 0 bridgehead atoms. The van der Waals surface area contributed by atoms with E-state index in [-0.39, 0.29) is 23.3 Å². The number of carbonyl (C=O) groups is 1. The molecule has 2 aromatic rings. The maximum Gasteiger partial charge on any atom is 0.243 e. The molecule has 1 aliphatic heterocycles. The summed E-state index contributed by atoms with van der Waals surface area (Å²) in [7, 11) is -3.50.